The van der Waals surface area contributed by atoms with Gasteiger partial charge in [0.2, 0.25) is 6.20 Å². The van der Waals surface area contributed by atoms with Gasteiger partial charge in [-0.05, 0) is 30.3 Å². The molecule has 3 aromatic rings. The Morgan fingerprint density at radius 2 is 1.84 bits per heavy atom. The molecule has 0 spiro atoms. The Morgan fingerprint density at radius 3 is 2.58 bits per heavy atom. The topological polar surface area (TPSA) is 74.5 Å². The van der Waals surface area contributed by atoms with Crippen molar-refractivity contribution in [3.63, 3.8) is 0 Å². The van der Waals surface area contributed by atoms with Crippen LogP contribution in [0.5, 0.6) is 5.75 Å². The number of rotatable bonds is 1. The molecule has 5 heteroatoms. The number of benzene rings is 1. The molecule has 1 aromatic carbocycles. The van der Waals surface area contributed by atoms with E-state index in [4.69, 9.17) is 4.42 Å². The van der Waals surface area contributed by atoms with Crippen LogP contribution in [0.4, 0.5) is 0 Å². The lowest BCUT2D eigenvalue weighted by Crippen LogP contribution is -2.31. The first-order chi connectivity index (χ1) is 9.15. The zero-order chi connectivity index (χ0) is 13.4. The van der Waals surface area contributed by atoms with E-state index in [2.05, 4.69) is 0 Å². The van der Waals surface area contributed by atoms with Crippen molar-refractivity contribution in [2.24, 2.45) is 0 Å². The maximum absolute atomic E-state index is 12.0. The maximum Gasteiger partial charge on any atom is 0.433 e. The molecule has 0 aliphatic rings. The average molecular weight is 256 g/mol. The molecule has 0 radical (unpaired) electrons. The van der Waals surface area contributed by atoms with Gasteiger partial charge in [-0.15, -0.1) is 0 Å². The minimum absolute atomic E-state index is 0.0816. The van der Waals surface area contributed by atoms with E-state index < -0.39 is 0 Å². The van der Waals surface area contributed by atoms with Crippen molar-refractivity contribution in [3.05, 3.63) is 58.9 Å². The second-order valence-electron chi connectivity index (χ2n) is 4.09. The van der Waals surface area contributed by atoms with E-state index in [0.717, 1.165) is 4.73 Å². The molecule has 3 rings (SSSR count). The fraction of sp³-hybridized carbons (Fsp3) is 0. The number of nitrogens with zero attached hydrogens (tertiary/aromatic N) is 1. The van der Waals surface area contributed by atoms with Gasteiger partial charge < -0.3 is 9.52 Å². The van der Waals surface area contributed by atoms with Gasteiger partial charge in [-0.2, -0.15) is 0 Å². The summed E-state index contributed by atoms with van der Waals surface area (Å²) >= 11 is 0. The first kappa shape index (κ1) is 11.3. The van der Waals surface area contributed by atoms with Gasteiger partial charge in [0.05, 0.1) is 0 Å². The van der Waals surface area contributed by atoms with E-state index in [1.54, 1.807) is 24.3 Å². The van der Waals surface area contributed by atoms with Crippen LogP contribution in [0.15, 0.2) is 57.9 Å². The Hall–Kier alpha value is -2.82. The molecule has 0 aliphatic heterocycles. The monoisotopic (exact) mass is 256 g/mol. The molecule has 5 nitrogen and oxygen atoms in total. The molecule has 0 saturated heterocycles. The van der Waals surface area contributed by atoms with Gasteiger partial charge in [0.25, 0.3) is 0 Å². The fourth-order valence-corrected chi connectivity index (χ4v) is 1.87. The lowest BCUT2D eigenvalue weighted by Gasteiger charge is -2.00. The van der Waals surface area contributed by atoms with Crippen LogP contribution in [-0.2, 0) is 0 Å². The predicted molar refractivity (Wildman–Crippen MR) is 67.0 cm³/mol. The van der Waals surface area contributed by atoms with Crippen molar-refractivity contribution in [1.29, 1.82) is 0 Å². The summed E-state index contributed by atoms with van der Waals surface area (Å²) in [5, 5.41) is 19.2. The van der Waals surface area contributed by atoms with Crippen molar-refractivity contribution >= 4 is 11.1 Å². The van der Waals surface area contributed by atoms with Crippen LogP contribution in [0.25, 0.3) is 22.4 Å². The number of pyridine rings is 1. The lowest BCUT2D eigenvalue weighted by molar-refractivity contribution is -0.888. The predicted octanol–water partition coefficient (Wildman–Crippen LogP) is 1.69. The van der Waals surface area contributed by atoms with Gasteiger partial charge in [0, 0.05) is 22.4 Å². The SMILES string of the molecule is O=c1cc(-c2ccc(O)cc2)oc2c1ccc[n+]2O. The summed E-state index contributed by atoms with van der Waals surface area (Å²) in [7, 11) is 0. The molecule has 0 bridgehead atoms. The van der Waals surface area contributed by atoms with Gasteiger partial charge in [-0.3, -0.25) is 10.0 Å². The van der Waals surface area contributed by atoms with Crippen LogP contribution in [0.1, 0.15) is 0 Å². The van der Waals surface area contributed by atoms with Crippen LogP contribution in [0.3, 0.4) is 0 Å². The molecule has 94 valence electrons. The third-order valence-corrected chi connectivity index (χ3v) is 2.81. The smallest absolute Gasteiger partial charge is 0.433 e. The molecule has 0 unspecified atom stereocenters. The summed E-state index contributed by atoms with van der Waals surface area (Å²) in [4.78, 5) is 12.0. The standard InChI is InChI=1S/C14H9NO4/c16-10-5-3-9(4-6-10)13-8-12(17)11-2-1-7-15(18)14(11)19-13/h1-8H,(H-,16,17,18)/p+1. The minimum Gasteiger partial charge on any atom is -0.508 e. The number of hydrogen-bond acceptors (Lipinski definition) is 4. The van der Waals surface area contributed by atoms with E-state index in [9.17, 15) is 15.1 Å². The highest BCUT2D eigenvalue weighted by atomic mass is 16.5. The molecule has 2 aromatic heterocycles. The zero-order valence-electron chi connectivity index (χ0n) is 9.78. The normalized spacial score (nSPS) is 10.7. The molecule has 0 saturated carbocycles. The summed E-state index contributed by atoms with van der Waals surface area (Å²) in [6.45, 7) is 0. The quantitative estimate of drug-likeness (QED) is 0.513. The molecule has 0 fully saturated rings. The van der Waals surface area contributed by atoms with Crippen molar-refractivity contribution in [2.45, 2.75) is 0 Å². The average Bonchev–Trinajstić information content (AvgIpc) is 2.41. The summed E-state index contributed by atoms with van der Waals surface area (Å²) in [6, 6.07) is 10.7. The van der Waals surface area contributed by atoms with Crippen LogP contribution in [0.2, 0.25) is 0 Å². The first-order valence-electron chi connectivity index (χ1n) is 5.62. The molecule has 19 heavy (non-hydrogen) atoms. The van der Waals surface area contributed by atoms with E-state index in [0.29, 0.717) is 16.7 Å². The number of aromatic nitrogens is 1. The van der Waals surface area contributed by atoms with Gasteiger partial charge in [-0.25, -0.2) is 0 Å². The Balaban J connectivity index is 2.29. The summed E-state index contributed by atoms with van der Waals surface area (Å²) in [6.07, 6.45) is 1.38. The van der Waals surface area contributed by atoms with Crippen molar-refractivity contribution in [3.8, 4) is 17.1 Å². The first-order valence-corrected chi connectivity index (χ1v) is 5.62. The molecular weight excluding hydrogens is 246 g/mol. The highest BCUT2D eigenvalue weighted by Crippen LogP contribution is 2.22. The molecular formula is C14H10NO4+. The summed E-state index contributed by atoms with van der Waals surface area (Å²) in [5.41, 5.74) is 0.478. The van der Waals surface area contributed by atoms with Crippen molar-refractivity contribution < 1.29 is 19.5 Å². The Labute approximate surface area is 107 Å². The maximum atomic E-state index is 12.0. The van der Waals surface area contributed by atoms with E-state index >= 15 is 0 Å². The molecule has 0 atom stereocenters. The van der Waals surface area contributed by atoms with Gasteiger partial charge in [-0.1, -0.05) is 0 Å². The van der Waals surface area contributed by atoms with Crippen LogP contribution < -0.4 is 10.2 Å². The zero-order valence-corrected chi connectivity index (χ0v) is 9.78. The Bertz CT molecular complexity index is 806. The molecule has 2 heterocycles. The second kappa shape index (κ2) is 4.13. The third-order valence-electron chi connectivity index (χ3n) is 2.81. The number of fused-ring (bicyclic) bond motifs is 1. The number of phenolic OH excluding ortho intramolecular Hbond substituents is 1. The fourth-order valence-electron chi connectivity index (χ4n) is 1.87. The van der Waals surface area contributed by atoms with Crippen molar-refractivity contribution in [2.75, 3.05) is 0 Å². The van der Waals surface area contributed by atoms with E-state index in [-0.39, 0.29) is 16.9 Å². The van der Waals surface area contributed by atoms with E-state index in [1.165, 1.54) is 24.4 Å². The number of phenols is 1. The lowest BCUT2D eigenvalue weighted by atomic mass is 10.1. The molecule has 0 aliphatic carbocycles. The highest BCUT2D eigenvalue weighted by molar-refractivity contribution is 5.72. The highest BCUT2D eigenvalue weighted by Gasteiger charge is 2.15. The number of hydrogen-bond donors (Lipinski definition) is 2. The van der Waals surface area contributed by atoms with Crippen molar-refractivity contribution in [1.82, 2.24) is 0 Å². The van der Waals surface area contributed by atoms with Gasteiger partial charge in [0.1, 0.15) is 16.9 Å². The number of aromatic hydroxyl groups is 1. The van der Waals surface area contributed by atoms with Gasteiger partial charge in [0.15, 0.2) is 5.43 Å². The third kappa shape index (κ3) is 1.91. The summed E-state index contributed by atoms with van der Waals surface area (Å²) in [5.74, 6) is 0.454. The molecule has 2 N–H and O–H groups in total. The minimum atomic E-state index is -0.243. The summed E-state index contributed by atoms with van der Waals surface area (Å²) < 4.78 is 6.30. The van der Waals surface area contributed by atoms with Crippen LogP contribution in [0, 0.1) is 0 Å². The molecule has 0 amide bonds. The second-order valence-corrected chi connectivity index (χ2v) is 4.09. The Morgan fingerprint density at radius 1 is 1.11 bits per heavy atom. The van der Waals surface area contributed by atoms with Gasteiger partial charge >= 0.3 is 5.71 Å². The Kier molecular flexibility index (Phi) is 2.45. The van der Waals surface area contributed by atoms with Crippen LogP contribution in [-0.4, -0.2) is 10.3 Å². The van der Waals surface area contributed by atoms with E-state index in [1.807, 2.05) is 0 Å². The van der Waals surface area contributed by atoms with Crippen LogP contribution >= 0.6 is 0 Å². The largest absolute Gasteiger partial charge is 0.508 e.